The van der Waals surface area contributed by atoms with Crippen molar-refractivity contribution < 1.29 is 71.7 Å². The summed E-state index contributed by atoms with van der Waals surface area (Å²) in [5, 5.41) is 21.1. The minimum absolute atomic E-state index is 0. The van der Waals surface area contributed by atoms with Gasteiger partial charge in [-0.05, 0) is 83.0 Å². The number of hydrogen-bond donors (Lipinski definition) is 0. The molecule has 2 aliphatic rings. The van der Waals surface area contributed by atoms with Gasteiger partial charge in [0.1, 0.15) is 0 Å². The fourth-order valence-corrected chi connectivity index (χ4v) is 8.74. The number of allylic oxidation sites excluding steroid dienone is 2. The molecule has 6 aromatic carbocycles. The molecule has 6 heterocycles. The maximum absolute atomic E-state index is 4.55. The van der Waals surface area contributed by atoms with E-state index in [1.165, 1.54) is 0 Å². The number of rotatable bonds is 12. The van der Waals surface area contributed by atoms with Crippen LogP contribution in [0.2, 0.25) is 0 Å². The molecule has 10 nitrogen and oxygen atoms in total. The topological polar surface area (TPSA) is 105 Å². The Hall–Kier alpha value is -6.80. The van der Waals surface area contributed by atoms with Gasteiger partial charge >= 0.3 is 22.4 Å². The molecule has 10 aromatic rings. The van der Waals surface area contributed by atoms with Crippen molar-refractivity contribution in [3.05, 3.63) is 274 Å². The Balaban J connectivity index is 0.000000185. The van der Waals surface area contributed by atoms with Crippen LogP contribution in [-0.2, 0) is 93.5 Å². The normalized spacial score (nSPS) is 11.9. The molecule has 0 N–H and O–H groups in total. The standard InChI is InChI=1S/C22H19N4.C21H17N4.C21H16N2.CH4.3Au/c1-15-11-22(24-23-15)20-8-4-6-18(13-20)12-19-7-5-9-21(14-19)26-17(3)10-16(2)25-26;1-16-11-21(23-22-16)19-7-3-5-17(13-19)12-18-6-4-8-20(14-18)25-10-9-24(2)15-25;1-5-16(14-18(7-1)20-9-3-11-22-20)13-17-6-2-8-19(15-17)21-10-4-12-23-21;;;;/h4-11H,12H2,1-3H3;3-11H,12H2,1-2H3;1-8,11-12H,9-10,13H2;1H4;;;/q2*-3;-2;;;;+3. The second-order valence-corrected chi connectivity index (χ2v) is 18.3. The largest absolute Gasteiger partial charge is 3.00 e. The number of benzene rings is 6. The van der Waals surface area contributed by atoms with Gasteiger partial charge in [-0.3, -0.25) is 4.68 Å². The van der Waals surface area contributed by atoms with Crippen molar-refractivity contribution in [1.82, 2.24) is 34.7 Å². The zero-order valence-electron chi connectivity index (χ0n) is 43.0. The number of nitrogens with zero attached hydrogens (tertiary/aromatic N) is 10. The molecule has 2 radical (unpaired) electrons. The van der Waals surface area contributed by atoms with Crippen LogP contribution in [0.15, 0.2) is 174 Å². The van der Waals surface area contributed by atoms with Crippen LogP contribution in [0.3, 0.4) is 0 Å². The number of aliphatic imine (C=N–C) groups is 2. The van der Waals surface area contributed by atoms with Gasteiger partial charge in [0.25, 0.3) is 0 Å². The maximum atomic E-state index is 4.55. The fraction of sp³-hybridized carbons (Fsp3) is 0.169. The third-order valence-electron chi connectivity index (χ3n) is 12.2. The van der Waals surface area contributed by atoms with Crippen molar-refractivity contribution in [3.63, 3.8) is 0 Å². The van der Waals surface area contributed by atoms with Gasteiger partial charge in [0.15, 0.2) is 0 Å². The number of imidazole rings is 1. The first-order valence-electron chi connectivity index (χ1n) is 24.6. The summed E-state index contributed by atoms with van der Waals surface area (Å²) in [4.78, 5) is 8.79. The van der Waals surface area contributed by atoms with Crippen LogP contribution in [0.1, 0.15) is 87.6 Å². The van der Waals surface area contributed by atoms with E-state index in [2.05, 4.69) is 164 Å². The van der Waals surface area contributed by atoms with E-state index in [4.69, 9.17) is 0 Å². The number of hydrogen-bond acceptors (Lipinski definition) is 5. The van der Waals surface area contributed by atoms with Crippen LogP contribution < -0.4 is 14.8 Å². The molecule has 0 amide bonds. The molecule has 0 aliphatic carbocycles. The Morgan fingerprint density at radius 2 is 0.923 bits per heavy atom. The van der Waals surface area contributed by atoms with Gasteiger partial charge in [-0.1, -0.05) is 37.4 Å². The van der Waals surface area contributed by atoms with Gasteiger partial charge in [0.05, 0.1) is 12.7 Å². The van der Waals surface area contributed by atoms with E-state index < -0.39 is 0 Å². The van der Waals surface area contributed by atoms with Crippen LogP contribution in [0.5, 0.6) is 0 Å². The molecule has 0 bridgehead atoms. The van der Waals surface area contributed by atoms with Crippen LogP contribution in [-0.4, -0.2) is 36.0 Å². The molecule has 0 saturated carbocycles. The van der Waals surface area contributed by atoms with E-state index in [-0.39, 0.29) is 74.6 Å². The molecule has 12 rings (SSSR count). The monoisotopic (exact) mass is 1570 g/mol. The van der Waals surface area contributed by atoms with E-state index in [1.807, 2.05) is 127 Å². The van der Waals surface area contributed by atoms with Crippen LogP contribution in [0, 0.1) is 70.4 Å². The minimum atomic E-state index is 0. The first kappa shape index (κ1) is 60.4. The quantitative estimate of drug-likeness (QED) is 0.0688. The Labute approximate surface area is 506 Å². The van der Waals surface area contributed by atoms with Crippen LogP contribution in [0.25, 0.3) is 33.9 Å². The minimum Gasteiger partial charge on any atom is -0.619 e. The summed E-state index contributed by atoms with van der Waals surface area (Å²) < 4.78 is 5.76. The van der Waals surface area contributed by atoms with Gasteiger partial charge in [-0.2, -0.15) is 69.8 Å². The molecule has 0 saturated heterocycles. The van der Waals surface area contributed by atoms with Gasteiger partial charge in [-0.25, -0.2) is 11.4 Å². The van der Waals surface area contributed by atoms with Crippen molar-refractivity contribution in [2.24, 2.45) is 17.0 Å². The summed E-state index contributed by atoms with van der Waals surface area (Å²) in [5.74, 6) is 0. The maximum Gasteiger partial charge on any atom is 3.00 e. The second kappa shape index (κ2) is 28.7. The number of aryl methyl sites for hydroxylation is 5. The average molecular weight is 1570 g/mol. The average Bonchev–Trinajstić information content (AvgIpc) is 4.31. The third-order valence-corrected chi connectivity index (χ3v) is 12.2. The van der Waals surface area contributed by atoms with Crippen molar-refractivity contribution in [2.45, 2.75) is 67.2 Å². The molecule has 4 aromatic heterocycles. The Morgan fingerprint density at radius 3 is 1.31 bits per heavy atom. The molecule has 0 unspecified atom stereocenters. The van der Waals surface area contributed by atoms with E-state index in [1.54, 1.807) is 0 Å². The van der Waals surface area contributed by atoms with Gasteiger partial charge in [0, 0.05) is 86.6 Å². The Bertz CT molecular complexity index is 3550. The van der Waals surface area contributed by atoms with Crippen molar-refractivity contribution in [1.29, 1.82) is 0 Å². The van der Waals surface area contributed by atoms with E-state index in [0.717, 1.165) is 145 Å². The van der Waals surface area contributed by atoms with Gasteiger partial charge in [0.2, 0.25) is 6.33 Å². The molecule has 2 aliphatic heterocycles. The smallest absolute Gasteiger partial charge is 0.619 e. The molecule has 0 fully saturated rings. The summed E-state index contributed by atoms with van der Waals surface area (Å²) in [6.07, 6.45) is 19.1. The van der Waals surface area contributed by atoms with Gasteiger partial charge in [-0.15, -0.1) is 137 Å². The third kappa shape index (κ3) is 15.9. The Kier molecular flexibility index (Phi) is 22.2. The summed E-state index contributed by atoms with van der Waals surface area (Å²) >= 11 is 0. The van der Waals surface area contributed by atoms with Crippen molar-refractivity contribution in [2.75, 3.05) is 0 Å². The molecule has 0 atom stereocenters. The predicted octanol–water partition coefficient (Wildman–Crippen LogP) is 11.5. The Morgan fingerprint density at radius 1 is 0.513 bits per heavy atom. The van der Waals surface area contributed by atoms with Gasteiger partial charge < -0.3 is 39.5 Å². The molecular weight excluding hydrogens is 1510 g/mol. The molecule has 0 spiro atoms. The summed E-state index contributed by atoms with van der Waals surface area (Å²) in [7, 11) is 1.95. The molecule has 13 heteroatoms. The molecule has 404 valence electrons. The van der Waals surface area contributed by atoms with Crippen molar-refractivity contribution in [3.8, 4) is 33.9 Å². The van der Waals surface area contributed by atoms with E-state index in [0.29, 0.717) is 0 Å². The molecule has 78 heavy (non-hydrogen) atoms. The predicted molar refractivity (Wildman–Crippen MR) is 296 cm³/mol. The summed E-state index contributed by atoms with van der Waals surface area (Å²) in [6.45, 7) is 7.95. The first-order valence-corrected chi connectivity index (χ1v) is 24.6. The summed E-state index contributed by atoms with van der Waals surface area (Å²) in [6, 6.07) is 64.0. The van der Waals surface area contributed by atoms with Crippen molar-refractivity contribution >= 4 is 11.4 Å². The zero-order valence-corrected chi connectivity index (χ0v) is 49.5. The van der Waals surface area contributed by atoms with E-state index in [9.17, 15) is 0 Å². The number of aromatic nitrogens is 8. The summed E-state index contributed by atoms with van der Waals surface area (Å²) in [5.41, 5.74) is 20.7. The van der Waals surface area contributed by atoms with Crippen LogP contribution in [0.4, 0.5) is 0 Å². The van der Waals surface area contributed by atoms with E-state index >= 15 is 0 Å². The zero-order chi connectivity index (χ0) is 50.8. The first-order chi connectivity index (χ1) is 36.1. The SMILES string of the molecule is C.Cc1cc(-c2[c-]c(Cc3[c-]c(-n4[c-][n+](C)cc4)ccc3)ccc2)[n-]n1.Cc1cc(-c2[c-]c(Cc3[c-]c(-n4nc(C)cc4C)ccc3)ccc2)[n-]n1.[Au+3].[Au].[Au].[c-]1c(Cc2[c-]c(C3=NC=CC3)ccc2)cccc1C1=NC=CC1. The van der Waals surface area contributed by atoms with Crippen LogP contribution >= 0.6 is 0 Å². The second-order valence-electron chi connectivity index (χ2n) is 18.3. The molecular formula is C65H56Au3N10-5. The fourth-order valence-electron chi connectivity index (χ4n) is 8.74.